The SMILES string of the molecule is Cc1nc(C)c(C(=O)C2=C(O)C(=O)N(CCCN(C)C)[C@@H]2c2cccnc2)s1. The van der Waals surface area contributed by atoms with E-state index in [2.05, 4.69) is 9.97 Å². The maximum atomic E-state index is 13.3. The molecule has 2 aromatic heterocycles. The van der Waals surface area contributed by atoms with Gasteiger partial charge in [0.1, 0.15) is 0 Å². The van der Waals surface area contributed by atoms with Gasteiger partial charge in [-0.15, -0.1) is 11.3 Å². The highest BCUT2D eigenvalue weighted by Crippen LogP contribution is 2.39. The largest absolute Gasteiger partial charge is 0.503 e. The number of amides is 1. The highest BCUT2D eigenvalue weighted by molar-refractivity contribution is 7.14. The first-order chi connectivity index (χ1) is 13.3. The Labute approximate surface area is 168 Å². The summed E-state index contributed by atoms with van der Waals surface area (Å²) in [6.07, 6.45) is 3.99. The predicted octanol–water partition coefficient (Wildman–Crippen LogP) is 2.68. The third-order valence-corrected chi connectivity index (χ3v) is 5.73. The Kier molecular flexibility index (Phi) is 5.90. The smallest absolute Gasteiger partial charge is 0.290 e. The number of rotatable bonds is 7. The Balaban J connectivity index is 2.01. The molecule has 2 aromatic rings. The van der Waals surface area contributed by atoms with Gasteiger partial charge in [0.2, 0.25) is 5.78 Å². The summed E-state index contributed by atoms with van der Waals surface area (Å²) >= 11 is 1.27. The lowest BCUT2D eigenvalue weighted by molar-refractivity contribution is -0.129. The van der Waals surface area contributed by atoms with Crippen molar-refractivity contribution in [2.45, 2.75) is 26.3 Å². The van der Waals surface area contributed by atoms with Crippen molar-refractivity contribution >= 4 is 23.0 Å². The van der Waals surface area contributed by atoms with Gasteiger partial charge in [-0.3, -0.25) is 14.6 Å². The van der Waals surface area contributed by atoms with Crippen LogP contribution in [-0.4, -0.2) is 63.7 Å². The molecule has 1 aliphatic rings. The van der Waals surface area contributed by atoms with Crippen molar-refractivity contribution in [3.8, 4) is 0 Å². The molecule has 148 valence electrons. The topological polar surface area (TPSA) is 86.6 Å². The zero-order valence-corrected chi connectivity index (χ0v) is 17.3. The van der Waals surface area contributed by atoms with Gasteiger partial charge < -0.3 is 14.9 Å². The first-order valence-corrected chi connectivity index (χ1v) is 9.90. The van der Waals surface area contributed by atoms with E-state index in [1.54, 1.807) is 30.3 Å². The molecule has 0 saturated carbocycles. The number of aromatic nitrogens is 2. The number of nitrogens with zero attached hydrogens (tertiary/aromatic N) is 4. The van der Waals surface area contributed by atoms with Crippen LogP contribution >= 0.6 is 11.3 Å². The Morgan fingerprint density at radius 1 is 1.36 bits per heavy atom. The number of thiazole rings is 1. The van der Waals surface area contributed by atoms with Crippen LogP contribution in [0.3, 0.4) is 0 Å². The fourth-order valence-electron chi connectivity index (χ4n) is 3.42. The number of hydrogen-bond acceptors (Lipinski definition) is 7. The number of carbonyl (C=O) groups excluding carboxylic acids is 2. The van der Waals surface area contributed by atoms with Crippen LogP contribution < -0.4 is 0 Å². The lowest BCUT2D eigenvalue weighted by atomic mass is 9.96. The number of carbonyl (C=O) groups is 2. The van der Waals surface area contributed by atoms with Crippen molar-refractivity contribution in [1.82, 2.24) is 19.8 Å². The highest BCUT2D eigenvalue weighted by Gasteiger charge is 2.44. The third-order valence-electron chi connectivity index (χ3n) is 4.66. The van der Waals surface area contributed by atoms with Crippen molar-refractivity contribution < 1.29 is 14.7 Å². The second kappa shape index (κ2) is 8.20. The molecule has 3 rings (SSSR count). The van der Waals surface area contributed by atoms with E-state index in [0.717, 1.165) is 18.0 Å². The summed E-state index contributed by atoms with van der Waals surface area (Å²) in [7, 11) is 3.92. The van der Waals surface area contributed by atoms with E-state index in [-0.39, 0.29) is 11.4 Å². The van der Waals surface area contributed by atoms with E-state index in [4.69, 9.17) is 0 Å². The Bertz CT molecular complexity index is 921. The molecule has 7 nitrogen and oxygen atoms in total. The molecule has 1 aliphatic heterocycles. The van der Waals surface area contributed by atoms with Gasteiger partial charge in [-0.1, -0.05) is 6.07 Å². The first kappa shape index (κ1) is 20.2. The molecule has 0 fully saturated rings. The normalized spacial score (nSPS) is 17.1. The second-order valence-electron chi connectivity index (χ2n) is 7.08. The molecule has 1 N–H and O–H groups in total. The minimum absolute atomic E-state index is 0.106. The molecule has 3 heterocycles. The number of ketones is 1. The summed E-state index contributed by atoms with van der Waals surface area (Å²) in [4.78, 5) is 38.6. The minimum atomic E-state index is -0.655. The molecule has 0 aromatic carbocycles. The highest BCUT2D eigenvalue weighted by atomic mass is 32.1. The molecule has 1 amide bonds. The van der Waals surface area contributed by atoms with Crippen molar-refractivity contribution in [2.75, 3.05) is 27.2 Å². The lowest BCUT2D eigenvalue weighted by Gasteiger charge is -2.27. The monoisotopic (exact) mass is 400 g/mol. The van der Waals surface area contributed by atoms with Crippen LogP contribution in [0.2, 0.25) is 0 Å². The fourth-order valence-corrected chi connectivity index (χ4v) is 4.30. The number of pyridine rings is 1. The van der Waals surface area contributed by atoms with Gasteiger partial charge in [0.05, 0.1) is 27.2 Å². The average molecular weight is 401 g/mol. The zero-order valence-electron chi connectivity index (χ0n) is 16.5. The number of aryl methyl sites for hydroxylation is 2. The third kappa shape index (κ3) is 3.83. The van der Waals surface area contributed by atoms with Crippen molar-refractivity contribution in [1.29, 1.82) is 0 Å². The summed E-state index contributed by atoms with van der Waals surface area (Å²) < 4.78 is 0. The Morgan fingerprint density at radius 2 is 2.11 bits per heavy atom. The van der Waals surface area contributed by atoms with Crippen LogP contribution in [0.5, 0.6) is 0 Å². The quantitative estimate of drug-likeness (QED) is 0.719. The minimum Gasteiger partial charge on any atom is -0.503 e. The van der Waals surface area contributed by atoms with Crippen LogP contribution in [0.25, 0.3) is 0 Å². The van der Waals surface area contributed by atoms with Crippen molar-refractivity contribution in [2.24, 2.45) is 0 Å². The summed E-state index contributed by atoms with van der Waals surface area (Å²) in [6, 6.07) is 2.93. The first-order valence-electron chi connectivity index (χ1n) is 9.08. The van der Waals surface area contributed by atoms with Crippen LogP contribution in [0, 0.1) is 13.8 Å². The maximum absolute atomic E-state index is 13.3. The van der Waals surface area contributed by atoms with Gasteiger partial charge in [0.15, 0.2) is 5.76 Å². The molecular formula is C20H24N4O3S. The van der Waals surface area contributed by atoms with E-state index < -0.39 is 17.7 Å². The number of Topliss-reactive ketones (excluding diaryl/α,β-unsaturated/α-hetero) is 1. The molecule has 0 saturated heterocycles. The predicted molar refractivity (Wildman–Crippen MR) is 107 cm³/mol. The Hall–Kier alpha value is -2.58. The molecule has 8 heteroatoms. The van der Waals surface area contributed by atoms with Gasteiger partial charge >= 0.3 is 0 Å². The zero-order chi connectivity index (χ0) is 20.4. The summed E-state index contributed by atoms with van der Waals surface area (Å²) in [6.45, 7) is 4.81. The molecule has 0 spiro atoms. The maximum Gasteiger partial charge on any atom is 0.290 e. The van der Waals surface area contributed by atoms with E-state index in [1.165, 1.54) is 11.3 Å². The van der Waals surface area contributed by atoms with Gasteiger partial charge in [-0.2, -0.15) is 0 Å². The fraction of sp³-hybridized carbons (Fsp3) is 0.400. The Morgan fingerprint density at radius 3 is 2.68 bits per heavy atom. The van der Waals surface area contributed by atoms with Gasteiger partial charge in [-0.05, 0) is 52.5 Å². The molecule has 0 unspecified atom stereocenters. The van der Waals surface area contributed by atoms with E-state index in [1.807, 2.05) is 32.0 Å². The second-order valence-corrected chi connectivity index (χ2v) is 8.29. The van der Waals surface area contributed by atoms with E-state index >= 15 is 0 Å². The number of hydrogen-bond donors (Lipinski definition) is 1. The molecule has 0 radical (unpaired) electrons. The van der Waals surface area contributed by atoms with Gasteiger partial charge in [0.25, 0.3) is 5.91 Å². The summed E-state index contributed by atoms with van der Waals surface area (Å²) in [5.41, 5.74) is 1.41. The summed E-state index contributed by atoms with van der Waals surface area (Å²) in [5, 5.41) is 11.4. The van der Waals surface area contributed by atoms with Gasteiger partial charge in [0, 0.05) is 18.9 Å². The standard InChI is InChI=1S/C20H24N4O3S/c1-12-19(28-13(2)22-12)17(25)15-16(14-7-5-8-21-11-14)24(20(27)18(15)26)10-6-9-23(3)4/h5,7-8,11,16,26H,6,9-10H2,1-4H3/t16-/m1/s1. The number of aliphatic hydroxyl groups is 1. The molecule has 0 bridgehead atoms. The molecule has 1 atom stereocenters. The van der Waals surface area contributed by atoms with Crippen molar-refractivity contribution in [3.63, 3.8) is 0 Å². The van der Waals surface area contributed by atoms with Gasteiger partial charge in [-0.25, -0.2) is 4.98 Å². The van der Waals surface area contributed by atoms with Crippen LogP contribution in [0.15, 0.2) is 35.9 Å². The molecule has 0 aliphatic carbocycles. The van der Waals surface area contributed by atoms with E-state index in [0.29, 0.717) is 22.7 Å². The molecule has 28 heavy (non-hydrogen) atoms. The van der Waals surface area contributed by atoms with Crippen molar-refractivity contribution in [3.05, 3.63) is 57.0 Å². The lowest BCUT2D eigenvalue weighted by Crippen LogP contribution is -2.33. The average Bonchev–Trinajstić information content (AvgIpc) is 3.12. The van der Waals surface area contributed by atoms with Crippen LogP contribution in [0.1, 0.15) is 38.4 Å². The van der Waals surface area contributed by atoms with Crippen LogP contribution in [0.4, 0.5) is 0 Å². The summed E-state index contributed by atoms with van der Waals surface area (Å²) in [5.74, 6) is -1.35. The molecular weight excluding hydrogens is 376 g/mol. The van der Waals surface area contributed by atoms with E-state index in [9.17, 15) is 14.7 Å². The number of aliphatic hydroxyl groups excluding tert-OH is 1. The van der Waals surface area contributed by atoms with Crippen LogP contribution in [-0.2, 0) is 4.79 Å².